The Hall–Kier alpha value is -0.530. The largest absolute Gasteiger partial charge is 0.206 e. The first-order valence-electron chi connectivity index (χ1n) is 3.41. The number of alkyl halides is 1. The van der Waals surface area contributed by atoms with Crippen LogP contribution in [-0.4, -0.2) is 5.88 Å². The number of hydrogen-bond donors (Lipinski definition) is 0. The Kier molecular flexibility index (Phi) is 3.57. The summed E-state index contributed by atoms with van der Waals surface area (Å²) in [6.07, 6.45) is 3.30. The molecular formula is C9H7Cl2F. The van der Waals surface area contributed by atoms with E-state index in [4.69, 9.17) is 23.2 Å². The van der Waals surface area contributed by atoms with Gasteiger partial charge in [-0.1, -0.05) is 29.8 Å². The Morgan fingerprint density at radius 3 is 2.75 bits per heavy atom. The molecule has 0 saturated carbocycles. The second-order valence-electron chi connectivity index (χ2n) is 2.22. The highest BCUT2D eigenvalue weighted by Gasteiger charge is 1.97. The molecule has 0 unspecified atom stereocenters. The minimum absolute atomic E-state index is 0.330. The summed E-state index contributed by atoms with van der Waals surface area (Å²) in [5, 5.41) is 0.399. The van der Waals surface area contributed by atoms with E-state index in [1.807, 2.05) is 0 Å². The van der Waals surface area contributed by atoms with Gasteiger partial charge in [-0.3, -0.25) is 0 Å². The molecule has 0 amide bonds. The molecular weight excluding hydrogens is 198 g/mol. The zero-order valence-electron chi connectivity index (χ0n) is 6.23. The highest BCUT2D eigenvalue weighted by atomic mass is 35.5. The lowest BCUT2D eigenvalue weighted by molar-refractivity contribution is 0.625. The fourth-order valence-electron chi connectivity index (χ4n) is 0.808. The standard InChI is InChI=1S/C9H7Cl2F/c10-5-1-2-7-3-4-8(11)6-9(7)12/h1-4,6H,5H2/b2-1+. The molecule has 0 aliphatic carbocycles. The summed E-state index contributed by atoms with van der Waals surface area (Å²) >= 11 is 11.0. The van der Waals surface area contributed by atoms with E-state index in [1.165, 1.54) is 6.07 Å². The van der Waals surface area contributed by atoms with Crippen LogP contribution in [0, 0.1) is 5.82 Å². The van der Waals surface area contributed by atoms with E-state index >= 15 is 0 Å². The first-order chi connectivity index (χ1) is 5.74. The Balaban J connectivity index is 2.94. The van der Waals surface area contributed by atoms with Gasteiger partial charge < -0.3 is 0 Å². The summed E-state index contributed by atoms with van der Waals surface area (Å²) in [5.41, 5.74) is 0.500. The molecule has 0 fully saturated rings. The quantitative estimate of drug-likeness (QED) is 0.645. The predicted molar refractivity (Wildman–Crippen MR) is 51.2 cm³/mol. The van der Waals surface area contributed by atoms with Gasteiger partial charge in [0.25, 0.3) is 0 Å². The summed E-state index contributed by atoms with van der Waals surface area (Å²) in [6, 6.07) is 4.52. The van der Waals surface area contributed by atoms with Crippen LogP contribution in [0.3, 0.4) is 0 Å². The van der Waals surface area contributed by atoms with E-state index in [0.717, 1.165) is 0 Å². The lowest BCUT2D eigenvalue weighted by Gasteiger charge is -1.95. The van der Waals surface area contributed by atoms with Crippen molar-refractivity contribution in [2.45, 2.75) is 0 Å². The van der Waals surface area contributed by atoms with Gasteiger partial charge in [0.05, 0.1) is 0 Å². The van der Waals surface area contributed by atoms with Crippen molar-refractivity contribution < 1.29 is 4.39 Å². The summed E-state index contributed by atoms with van der Waals surface area (Å²) < 4.78 is 13.0. The molecule has 1 rings (SSSR count). The van der Waals surface area contributed by atoms with Crippen LogP contribution in [-0.2, 0) is 0 Å². The molecule has 1 aromatic rings. The molecule has 1 aromatic carbocycles. The Bertz CT molecular complexity index is 295. The van der Waals surface area contributed by atoms with Gasteiger partial charge in [-0.2, -0.15) is 0 Å². The van der Waals surface area contributed by atoms with Crippen molar-refractivity contribution in [3.05, 3.63) is 40.7 Å². The highest BCUT2D eigenvalue weighted by Crippen LogP contribution is 2.15. The van der Waals surface area contributed by atoms with Crippen LogP contribution >= 0.6 is 23.2 Å². The lowest BCUT2D eigenvalue weighted by atomic mass is 10.2. The van der Waals surface area contributed by atoms with Crippen molar-refractivity contribution in [2.75, 3.05) is 5.88 Å². The second-order valence-corrected chi connectivity index (χ2v) is 2.97. The van der Waals surface area contributed by atoms with Crippen LogP contribution in [0.2, 0.25) is 5.02 Å². The fraction of sp³-hybridized carbons (Fsp3) is 0.111. The van der Waals surface area contributed by atoms with Crippen LogP contribution in [0.25, 0.3) is 6.08 Å². The van der Waals surface area contributed by atoms with Gasteiger partial charge in [0.1, 0.15) is 5.82 Å². The van der Waals surface area contributed by atoms with E-state index in [2.05, 4.69) is 0 Å². The summed E-state index contributed by atoms with van der Waals surface area (Å²) in [7, 11) is 0. The number of hydrogen-bond acceptors (Lipinski definition) is 0. The van der Waals surface area contributed by atoms with Crippen LogP contribution in [0.1, 0.15) is 5.56 Å². The van der Waals surface area contributed by atoms with Crippen LogP contribution < -0.4 is 0 Å². The Labute approximate surface area is 80.6 Å². The van der Waals surface area contributed by atoms with Gasteiger partial charge in [-0.15, -0.1) is 11.6 Å². The van der Waals surface area contributed by atoms with Gasteiger partial charge >= 0.3 is 0 Å². The molecule has 0 radical (unpaired) electrons. The molecule has 0 spiro atoms. The Morgan fingerprint density at radius 1 is 1.42 bits per heavy atom. The van der Waals surface area contributed by atoms with Gasteiger partial charge in [0, 0.05) is 16.5 Å². The third-order valence-electron chi connectivity index (χ3n) is 1.35. The second kappa shape index (κ2) is 4.48. The molecule has 0 heterocycles. The molecule has 3 heteroatoms. The number of rotatable bonds is 2. The molecule has 64 valence electrons. The predicted octanol–water partition coefficient (Wildman–Crippen LogP) is 3.73. The molecule has 0 saturated heterocycles. The van der Waals surface area contributed by atoms with Crippen molar-refractivity contribution in [2.24, 2.45) is 0 Å². The van der Waals surface area contributed by atoms with Crippen LogP contribution in [0.15, 0.2) is 24.3 Å². The molecule has 0 N–H and O–H groups in total. The zero-order chi connectivity index (χ0) is 8.97. The molecule has 0 aromatic heterocycles. The van der Waals surface area contributed by atoms with Gasteiger partial charge in [-0.25, -0.2) is 4.39 Å². The van der Waals surface area contributed by atoms with Crippen molar-refractivity contribution in [3.8, 4) is 0 Å². The van der Waals surface area contributed by atoms with E-state index in [1.54, 1.807) is 24.3 Å². The van der Waals surface area contributed by atoms with Gasteiger partial charge in [0.15, 0.2) is 0 Å². The maximum atomic E-state index is 13.0. The van der Waals surface area contributed by atoms with Crippen molar-refractivity contribution >= 4 is 29.3 Å². The SMILES string of the molecule is Fc1cc(Cl)ccc1/C=C/CCl. The fourth-order valence-corrected chi connectivity index (χ4v) is 1.06. The summed E-state index contributed by atoms with van der Waals surface area (Å²) in [5.74, 6) is 0.0473. The Morgan fingerprint density at radius 2 is 2.17 bits per heavy atom. The van der Waals surface area contributed by atoms with Crippen LogP contribution in [0.5, 0.6) is 0 Å². The molecule has 0 aliphatic heterocycles. The molecule has 0 bridgehead atoms. The third kappa shape index (κ3) is 2.50. The maximum Gasteiger partial charge on any atom is 0.131 e. The topological polar surface area (TPSA) is 0 Å². The average molecular weight is 205 g/mol. The summed E-state index contributed by atoms with van der Waals surface area (Å²) in [4.78, 5) is 0. The smallest absolute Gasteiger partial charge is 0.131 e. The van der Waals surface area contributed by atoms with E-state index in [-0.39, 0.29) is 5.82 Å². The molecule has 0 atom stereocenters. The third-order valence-corrected chi connectivity index (χ3v) is 1.76. The van der Waals surface area contributed by atoms with Gasteiger partial charge in [0.2, 0.25) is 0 Å². The highest BCUT2D eigenvalue weighted by molar-refractivity contribution is 6.30. The first kappa shape index (κ1) is 9.56. The zero-order valence-corrected chi connectivity index (χ0v) is 7.74. The van der Waals surface area contributed by atoms with E-state index < -0.39 is 0 Å². The molecule has 0 aliphatic rings. The van der Waals surface area contributed by atoms with Gasteiger partial charge in [-0.05, 0) is 12.1 Å². The maximum absolute atomic E-state index is 13.0. The molecule has 0 nitrogen and oxygen atoms in total. The number of halogens is 3. The normalized spacial score (nSPS) is 10.9. The number of allylic oxidation sites excluding steroid dienone is 1. The van der Waals surface area contributed by atoms with E-state index in [9.17, 15) is 4.39 Å². The first-order valence-corrected chi connectivity index (χ1v) is 4.33. The summed E-state index contributed by atoms with van der Waals surface area (Å²) in [6.45, 7) is 0. The monoisotopic (exact) mass is 204 g/mol. The minimum atomic E-state index is -0.330. The van der Waals surface area contributed by atoms with E-state index in [0.29, 0.717) is 16.5 Å². The number of benzene rings is 1. The van der Waals surface area contributed by atoms with Crippen LogP contribution in [0.4, 0.5) is 4.39 Å². The average Bonchev–Trinajstić information content (AvgIpc) is 2.03. The van der Waals surface area contributed by atoms with Crippen molar-refractivity contribution in [3.63, 3.8) is 0 Å². The molecule has 12 heavy (non-hydrogen) atoms. The lowest BCUT2D eigenvalue weighted by Crippen LogP contribution is -1.80. The van der Waals surface area contributed by atoms with Crippen molar-refractivity contribution in [1.82, 2.24) is 0 Å². The minimum Gasteiger partial charge on any atom is -0.206 e. The van der Waals surface area contributed by atoms with Crippen molar-refractivity contribution in [1.29, 1.82) is 0 Å².